The lowest BCUT2D eigenvalue weighted by Crippen LogP contribution is -2.33. The van der Waals surface area contributed by atoms with E-state index in [1.807, 2.05) is 13.1 Å². The van der Waals surface area contributed by atoms with Gasteiger partial charge in [-0.15, -0.1) is 0 Å². The summed E-state index contributed by atoms with van der Waals surface area (Å²) in [6, 6.07) is 5.60. The third-order valence-electron chi connectivity index (χ3n) is 4.06. The highest BCUT2D eigenvalue weighted by molar-refractivity contribution is 5.12. The van der Waals surface area contributed by atoms with Crippen LogP contribution in [-0.4, -0.2) is 35.1 Å². The van der Waals surface area contributed by atoms with Gasteiger partial charge in [-0.1, -0.05) is 6.07 Å². The zero-order chi connectivity index (χ0) is 13.7. The predicted molar refractivity (Wildman–Crippen MR) is 80.2 cm³/mol. The van der Waals surface area contributed by atoms with Crippen molar-refractivity contribution in [3.05, 3.63) is 29.6 Å². The van der Waals surface area contributed by atoms with Gasteiger partial charge in [0, 0.05) is 30.5 Å². The van der Waals surface area contributed by atoms with E-state index >= 15 is 0 Å². The van der Waals surface area contributed by atoms with Gasteiger partial charge in [-0.05, 0) is 64.8 Å². The maximum atomic E-state index is 4.35. The van der Waals surface area contributed by atoms with Crippen LogP contribution in [0.15, 0.2) is 18.3 Å². The first-order chi connectivity index (χ1) is 9.15. The number of likely N-dealkylation sites (tertiary alicyclic amines) is 1. The van der Waals surface area contributed by atoms with Gasteiger partial charge >= 0.3 is 0 Å². The van der Waals surface area contributed by atoms with Crippen molar-refractivity contribution in [1.82, 2.24) is 15.2 Å². The van der Waals surface area contributed by atoms with Crippen molar-refractivity contribution in [1.29, 1.82) is 0 Å². The number of hydrogen-bond donors (Lipinski definition) is 1. The van der Waals surface area contributed by atoms with Crippen LogP contribution in [0.25, 0.3) is 0 Å². The van der Waals surface area contributed by atoms with Crippen LogP contribution < -0.4 is 5.32 Å². The summed E-state index contributed by atoms with van der Waals surface area (Å²) in [5.74, 6) is 0. The van der Waals surface area contributed by atoms with E-state index in [1.54, 1.807) is 0 Å². The standard InChI is InChI=1S/C16H27N3/c1-13(2)19-9-4-5-16(8-10-19)18-12-15-7-6-14(3)17-11-15/h6-7,11,13,16,18H,4-5,8-10,12H2,1-3H3. The number of hydrogen-bond acceptors (Lipinski definition) is 3. The molecule has 1 N–H and O–H groups in total. The van der Waals surface area contributed by atoms with Crippen LogP contribution >= 0.6 is 0 Å². The van der Waals surface area contributed by atoms with E-state index in [9.17, 15) is 0 Å². The number of aryl methyl sites for hydroxylation is 1. The summed E-state index contributed by atoms with van der Waals surface area (Å²) in [5, 5.41) is 3.69. The Morgan fingerprint density at radius 1 is 1.32 bits per heavy atom. The van der Waals surface area contributed by atoms with E-state index in [-0.39, 0.29) is 0 Å². The van der Waals surface area contributed by atoms with Gasteiger partial charge in [-0.25, -0.2) is 0 Å². The highest BCUT2D eigenvalue weighted by atomic mass is 15.1. The summed E-state index contributed by atoms with van der Waals surface area (Å²) < 4.78 is 0. The molecule has 2 rings (SSSR count). The third kappa shape index (κ3) is 4.59. The van der Waals surface area contributed by atoms with Crippen molar-refractivity contribution in [3.8, 4) is 0 Å². The Bertz CT molecular complexity index is 372. The second kappa shape index (κ2) is 7.01. The fourth-order valence-electron chi connectivity index (χ4n) is 2.70. The molecule has 3 nitrogen and oxygen atoms in total. The Morgan fingerprint density at radius 3 is 2.84 bits per heavy atom. The first-order valence-corrected chi connectivity index (χ1v) is 7.54. The maximum Gasteiger partial charge on any atom is 0.0372 e. The van der Waals surface area contributed by atoms with Gasteiger partial charge in [0.2, 0.25) is 0 Å². The van der Waals surface area contributed by atoms with Crippen molar-refractivity contribution in [2.45, 2.75) is 58.7 Å². The van der Waals surface area contributed by atoms with Gasteiger partial charge in [0.15, 0.2) is 0 Å². The molecule has 1 unspecified atom stereocenters. The van der Waals surface area contributed by atoms with Crippen LogP contribution in [0.2, 0.25) is 0 Å². The van der Waals surface area contributed by atoms with Crippen molar-refractivity contribution < 1.29 is 0 Å². The monoisotopic (exact) mass is 261 g/mol. The second-order valence-corrected chi connectivity index (χ2v) is 5.95. The third-order valence-corrected chi connectivity index (χ3v) is 4.06. The van der Waals surface area contributed by atoms with Crippen molar-refractivity contribution in [2.75, 3.05) is 13.1 Å². The molecule has 2 heterocycles. The molecule has 1 aliphatic rings. The van der Waals surface area contributed by atoms with Crippen LogP contribution in [0.4, 0.5) is 0 Å². The molecule has 106 valence electrons. The molecular formula is C16H27N3. The Labute approximate surface area is 117 Å². The molecule has 0 saturated carbocycles. The predicted octanol–water partition coefficient (Wildman–Crippen LogP) is 2.74. The van der Waals surface area contributed by atoms with Crippen molar-refractivity contribution >= 4 is 0 Å². The zero-order valence-electron chi connectivity index (χ0n) is 12.5. The first-order valence-electron chi connectivity index (χ1n) is 7.54. The zero-order valence-corrected chi connectivity index (χ0v) is 12.5. The topological polar surface area (TPSA) is 28.2 Å². The molecule has 1 aromatic rings. The first kappa shape index (κ1) is 14.5. The lowest BCUT2D eigenvalue weighted by molar-refractivity contribution is 0.229. The molecule has 3 heteroatoms. The molecule has 0 radical (unpaired) electrons. The van der Waals surface area contributed by atoms with E-state index < -0.39 is 0 Å². The molecule has 1 atom stereocenters. The minimum atomic E-state index is 0.657. The number of pyridine rings is 1. The number of nitrogens with zero attached hydrogens (tertiary/aromatic N) is 2. The number of nitrogens with one attached hydrogen (secondary N) is 1. The van der Waals surface area contributed by atoms with Crippen LogP contribution in [0.5, 0.6) is 0 Å². The van der Waals surface area contributed by atoms with Crippen molar-refractivity contribution in [3.63, 3.8) is 0 Å². The fourth-order valence-corrected chi connectivity index (χ4v) is 2.70. The van der Waals surface area contributed by atoms with Crippen molar-refractivity contribution in [2.24, 2.45) is 0 Å². The summed E-state index contributed by atoms with van der Waals surface area (Å²) in [4.78, 5) is 6.94. The molecule has 0 bridgehead atoms. The molecule has 19 heavy (non-hydrogen) atoms. The van der Waals surface area contributed by atoms with Crippen LogP contribution in [0, 0.1) is 6.92 Å². The number of aromatic nitrogens is 1. The van der Waals surface area contributed by atoms with Gasteiger partial charge in [0.25, 0.3) is 0 Å². The minimum Gasteiger partial charge on any atom is -0.310 e. The molecule has 0 amide bonds. The lowest BCUT2D eigenvalue weighted by atomic mass is 10.1. The van der Waals surface area contributed by atoms with E-state index in [2.05, 4.69) is 41.2 Å². The van der Waals surface area contributed by atoms with E-state index in [4.69, 9.17) is 0 Å². The molecule has 0 spiro atoms. The highest BCUT2D eigenvalue weighted by Crippen LogP contribution is 2.14. The van der Waals surface area contributed by atoms with E-state index in [0.29, 0.717) is 12.1 Å². The van der Waals surface area contributed by atoms with Crippen LogP contribution in [0.3, 0.4) is 0 Å². The molecular weight excluding hydrogens is 234 g/mol. The average Bonchev–Trinajstić information content (AvgIpc) is 2.63. The molecule has 1 fully saturated rings. The maximum absolute atomic E-state index is 4.35. The van der Waals surface area contributed by atoms with Gasteiger partial charge < -0.3 is 10.2 Å². The molecule has 1 aliphatic heterocycles. The summed E-state index contributed by atoms with van der Waals surface area (Å²) in [6.45, 7) is 10.0. The molecule has 1 saturated heterocycles. The average molecular weight is 261 g/mol. The van der Waals surface area contributed by atoms with Gasteiger partial charge in [-0.3, -0.25) is 4.98 Å². The largest absolute Gasteiger partial charge is 0.310 e. The molecule has 0 aliphatic carbocycles. The second-order valence-electron chi connectivity index (χ2n) is 5.95. The van der Waals surface area contributed by atoms with Gasteiger partial charge in [0.05, 0.1) is 0 Å². The molecule has 1 aromatic heterocycles. The highest BCUT2D eigenvalue weighted by Gasteiger charge is 2.18. The Kier molecular flexibility index (Phi) is 5.34. The Balaban J connectivity index is 1.78. The minimum absolute atomic E-state index is 0.657. The smallest absolute Gasteiger partial charge is 0.0372 e. The Hall–Kier alpha value is -0.930. The van der Waals surface area contributed by atoms with E-state index in [0.717, 1.165) is 12.2 Å². The van der Waals surface area contributed by atoms with Gasteiger partial charge in [0.1, 0.15) is 0 Å². The SMILES string of the molecule is Cc1ccc(CNC2CCCN(C(C)C)CC2)cn1. The molecule has 0 aromatic carbocycles. The summed E-state index contributed by atoms with van der Waals surface area (Å²) in [7, 11) is 0. The quantitative estimate of drug-likeness (QED) is 0.903. The summed E-state index contributed by atoms with van der Waals surface area (Å²) in [6.07, 6.45) is 5.85. The number of rotatable bonds is 4. The lowest BCUT2D eigenvalue weighted by Gasteiger charge is -2.24. The van der Waals surface area contributed by atoms with Gasteiger partial charge in [-0.2, -0.15) is 0 Å². The summed E-state index contributed by atoms with van der Waals surface area (Å²) >= 11 is 0. The fraction of sp³-hybridized carbons (Fsp3) is 0.688. The van der Waals surface area contributed by atoms with Crippen LogP contribution in [0.1, 0.15) is 44.4 Å². The van der Waals surface area contributed by atoms with Crippen LogP contribution in [-0.2, 0) is 6.54 Å². The Morgan fingerprint density at radius 2 is 2.16 bits per heavy atom. The normalized spacial score (nSPS) is 21.6. The van der Waals surface area contributed by atoms with E-state index in [1.165, 1.54) is 37.9 Å². The summed E-state index contributed by atoms with van der Waals surface area (Å²) in [5.41, 5.74) is 2.38.